The number of oxime groups is 1. The number of nitrogens with zero attached hydrogens (tertiary/aromatic N) is 4. The van der Waals surface area contributed by atoms with E-state index in [1.807, 2.05) is 0 Å². The molecule has 3 rings (SSSR count). The van der Waals surface area contributed by atoms with Crippen molar-refractivity contribution in [3.63, 3.8) is 0 Å². The number of fused-ring (bicyclic) bond motifs is 1. The van der Waals surface area contributed by atoms with Gasteiger partial charge in [-0.3, -0.25) is 34.7 Å². The largest absolute Gasteiger partial charge is 0.366 e. The molecule has 2 aromatic rings. The highest BCUT2D eigenvalue weighted by Gasteiger charge is 2.35. The summed E-state index contributed by atoms with van der Waals surface area (Å²) in [5.41, 5.74) is -1.09. The van der Waals surface area contributed by atoms with Crippen LogP contribution in [0.2, 0.25) is 0 Å². The lowest BCUT2D eigenvalue weighted by Gasteiger charge is -2.14. The third kappa shape index (κ3) is 4.27. The predicted molar refractivity (Wildman–Crippen MR) is 105 cm³/mol. The van der Waals surface area contributed by atoms with Crippen molar-refractivity contribution in [2.45, 2.75) is 13.3 Å². The molecule has 12 heteroatoms. The third-order valence-electron chi connectivity index (χ3n) is 4.44. The molecule has 1 heterocycles. The highest BCUT2D eigenvalue weighted by Crippen LogP contribution is 2.24. The van der Waals surface area contributed by atoms with E-state index in [9.17, 15) is 34.6 Å². The van der Waals surface area contributed by atoms with Gasteiger partial charge in [0.1, 0.15) is 0 Å². The Balaban J connectivity index is 1.78. The van der Waals surface area contributed by atoms with E-state index in [-0.39, 0.29) is 29.8 Å². The molecule has 0 atom stereocenters. The maximum atomic E-state index is 12.4. The monoisotopic (exact) mass is 426 g/mol. The number of hydrogen-bond donors (Lipinski definition) is 0. The maximum Gasteiger partial charge on any atom is 0.366 e. The van der Waals surface area contributed by atoms with Gasteiger partial charge in [-0.15, -0.1) is 0 Å². The molecule has 158 valence electrons. The summed E-state index contributed by atoms with van der Waals surface area (Å²) < 4.78 is 0. The van der Waals surface area contributed by atoms with Crippen LogP contribution in [-0.4, -0.2) is 44.8 Å². The normalized spacial score (nSPS) is 13.2. The van der Waals surface area contributed by atoms with Crippen LogP contribution in [-0.2, 0) is 4.84 Å². The Morgan fingerprint density at radius 1 is 1.00 bits per heavy atom. The van der Waals surface area contributed by atoms with E-state index >= 15 is 0 Å². The van der Waals surface area contributed by atoms with E-state index < -0.39 is 44.6 Å². The van der Waals surface area contributed by atoms with Crippen molar-refractivity contribution in [3.05, 3.63) is 79.4 Å². The van der Waals surface area contributed by atoms with E-state index in [4.69, 9.17) is 4.84 Å². The van der Waals surface area contributed by atoms with Crippen LogP contribution in [0.25, 0.3) is 0 Å². The Morgan fingerprint density at radius 2 is 1.52 bits per heavy atom. The fourth-order valence-electron chi connectivity index (χ4n) is 2.85. The lowest BCUT2D eigenvalue weighted by atomic mass is 10.1. The minimum atomic E-state index is -1.17. The number of benzene rings is 2. The van der Waals surface area contributed by atoms with Crippen LogP contribution in [0.1, 0.15) is 44.4 Å². The van der Waals surface area contributed by atoms with Gasteiger partial charge in [-0.2, -0.15) is 0 Å². The zero-order valence-corrected chi connectivity index (χ0v) is 16.0. The average Bonchev–Trinajstić information content (AvgIpc) is 3.00. The Hall–Kier alpha value is -4.48. The first kappa shape index (κ1) is 21.2. The molecule has 0 bridgehead atoms. The smallest absolute Gasteiger partial charge is 0.313 e. The number of carbonyl (C=O) groups is 3. The molecule has 1 aliphatic heterocycles. The quantitative estimate of drug-likeness (QED) is 0.214. The van der Waals surface area contributed by atoms with Gasteiger partial charge < -0.3 is 4.84 Å². The second-order valence-electron chi connectivity index (χ2n) is 6.38. The summed E-state index contributed by atoms with van der Waals surface area (Å²) in [6.07, 6.45) is 0.218. The first-order valence-electron chi connectivity index (χ1n) is 8.89. The molecular weight excluding hydrogens is 412 g/mol. The van der Waals surface area contributed by atoms with Crippen molar-refractivity contribution in [2.75, 3.05) is 6.54 Å². The zero-order chi connectivity index (χ0) is 22.7. The number of nitro groups is 2. The summed E-state index contributed by atoms with van der Waals surface area (Å²) in [5.74, 6) is -2.19. The second-order valence-corrected chi connectivity index (χ2v) is 6.38. The Morgan fingerprint density at radius 3 is 1.97 bits per heavy atom. The van der Waals surface area contributed by atoms with Crippen molar-refractivity contribution in [2.24, 2.45) is 5.16 Å². The molecule has 0 radical (unpaired) electrons. The van der Waals surface area contributed by atoms with Crippen LogP contribution >= 0.6 is 0 Å². The highest BCUT2D eigenvalue weighted by atomic mass is 16.7. The standard InChI is InChI=1S/C19H14N4O8/c1-2-12(10-21-17(24)15-5-3-4-6-16(15)18(21)25)20-31-19(26)11-7-13(22(27)28)9-14(8-11)23(29)30/h3-9H,2,10H2,1H3/b20-12+. The number of hydrogen-bond acceptors (Lipinski definition) is 9. The Labute approximate surface area is 174 Å². The first-order valence-corrected chi connectivity index (χ1v) is 8.89. The van der Waals surface area contributed by atoms with Crippen molar-refractivity contribution < 1.29 is 29.1 Å². The molecule has 12 nitrogen and oxygen atoms in total. The summed E-state index contributed by atoms with van der Waals surface area (Å²) in [7, 11) is 0. The van der Waals surface area contributed by atoms with Gasteiger partial charge in [0.2, 0.25) is 0 Å². The molecule has 31 heavy (non-hydrogen) atoms. The van der Waals surface area contributed by atoms with E-state index in [0.29, 0.717) is 6.07 Å². The van der Waals surface area contributed by atoms with E-state index in [0.717, 1.165) is 17.0 Å². The van der Waals surface area contributed by atoms with Crippen LogP contribution in [0.4, 0.5) is 11.4 Å². The highest BCUT2D eigenvalue weighted by molar-refractivity contribution is 6.22. The minimum Gasteiger partial charge on any atom is -0.313 e. The molecule has 0 saturated carbocycles. The fourth-order valence-corrected chi connectivity index (χ4v) is 2.85. The molecule has 2 amide bonds. The van der Waals surface area contributed by atoms with Crippen molar-refractivity contribution >= 4 is 34.9 Å². The van der Waals surface area contributed by atoms with Gasteiger partial charge in [0.05, 0.1) is 44.9 Å². The van der Waals surface area contributed by atoms with Crippen LogP contribution < -0.4 is 0 Å². The Bertz CT molecular complexity index is 1090. The van der Waals surface area contributed by atoms with Gasteiger partial charge in [0.25, 0.3) is 23.2 Å². The topological polar surface area (TPSA) is 162 Å². The molecule has 0 saturated heterocycles. The molecule has 0 fully saturated rings. The number of amides is 2. The van der Waals surface area contributed by atoms with Gasteiger partial charge in [0.15, 0.2) is 0 Å². The second kappa shape index (κ2) is 8.49. The lowest BCUT2D eigenvalue weighted by molar-refractivity contribution is -0.394. The van der Waals surface area contributed by atoms with Gasteiger partial charge in [-0.05, 0) is 18.6 Å². The van der Waals surface area contributed by atoms with Crippen molar-refractivity contribution in [3.8, 4) is 0 Å². The number of nitro benzene ring substituents is 2. The van der Waals surface area contributed by atoms with Gasteiger partial charge in [-0.25, -0.2) is 4.79 Å². The van der Waals surface area contributed by atoms with Crippen molar-refractivity contribution in [1.29, 1.82) is 0 Å². The number of rotatable bonds is 7. The summed E-state index contributed by atoms with van der Waals surface area (Å²) in [6, 6.07) is 8.65. The number of imide groups is 1. The van der Waals surface area contributed by atoms with E-state index in [1.165, 1.54) is 12.1 Å². The van der Waals surface area contributed by atoms with Crippen LogP contribution in [0, 0.1) is 20.2 Å². The molecule has 0 N–H and O–H groups in total. The van der Waals surface area contributed by atoms with Crippen LogP contribution in [0.3, 0.4) is 0 Å². The Kier molecular flexibility index (Phi) is 5.81. The molecule has 0 aliphatic carbocycles. The summed E-state index contributed by atoms with van der Waals surface area (Å²) in [4.78, 5) is 63.0. The van der Waals surface area contributed by atoms with E-state index in [1.54, 1.807) is 19.1 Å². The molecule has 0 unspecified atom stereocenters. The summed E-state index contributed by atoms with van der Waals surface area (Å²) in [5, 5.41) is 25.5. The number of carbonyl (C=O) groups excluding carboxylic acids is 3. The van der Waals surface area contributed by atoms with Gasteiger partial charge in [0, 0.05) is 12.1 Å². The number of non-ortho nitro benzene ring substituents is 2. The molecule has 2 aromatic carbocycles. The summed E-state index contributed by atoms with van der Waals surface area (Å²) in [6.45, 7) is 1.42. The first-order chi connectivity index (χ1) is 14.7. The molecule has 0 aromatic heterocycles. The van der Waals surface area contributed by atoms with E-state index in [2.05, 4.69) is 5.16 Å². The van der Waals surface area contributed by atoms with Gasteiger partial charge >= 0.3 is 5.97 Å². The lowest BCUT2D eigenvalue weighted by Crippen LogP contribution is -2.34. The predicted octanol–water partition coefficient (Wildman–Crippen LogP) is 2.72. The maximum absolute atomic E-state index is 12.4. The third-order valence-corrected chi connectivity index (χ3v) is 4.44. The van der Waals surface area contributed by atoms with Crippen LogP contribution in [0.15, 0.2) is 47.6 Å². The minimum absolute atomic E-state index is 0.169. The summed E-state index contributed by atoms with van der Waals surface area (Å²) >= 11 is 0. The fraction of sp³-hybridized carbons (Fsp3) is 0.158. The van der Waals surface area contributed by atoms with Gasteiger partial charge in [-0.1, -0.05) is 24.2 Å². The SMILES string of the molecule is CC/C(CN1C(=O)c2ccccc2C1=O)=N\OC(=O)c1cc([N+](=O)[O-])cc([N+](=O)[O-])c1. The zero-order valence-electron chi connectivity index (χ0n) is 16.0. The van der Waals surface area contributed by atoms with Crippen LogP contribution in [0.5, 0.6) is 0 Å². The molecular formula is C19H14N4O8. The van der Waals surface area contributed by atoms with Crippen molar-refractivity contribution in [1.82, 2.24) is 4.90 Å². The molecule has 0 spiro atoms. The average molecular weight is 426 g/mol. The molecule has 1 aliphatic rings.